The van der Waals surface area contributed by atoms with E-state index in [1.54, 1.807) is 9.69 Å². The molecule has 0 fully saturated rings. The lowest BCUT2D eigenvalue weighted by Crippen LogP contribution is -2.33. The van der Waals surface area contributed by atoms with Gasteiger partial charge in [0, 0.05) is 12.6 Å². The number of hydrogen-bond donors (Lipinski definition) is 2. The molecule has 126 valence electrons. The molecule has 0 bridgehead atoms. The maximum Gasteiger partial charge on any atom is 0.296 e. The van der Waals surface area contributed by atoms with E-state index in [1.807, 2.05) is 73.3 Å². The monoisotopic (exact) mass is 333 g/mol. The van der Waals surface area contributed by atoms with Gasteiger partial charge in [0.25, 0.3) is 5.56 Å². The first kappa shape index (κ1) is 15.3. The Bertz CT molecular complexity index is 1020. The van der Waals surface area contributed by atoms with Crippen LogP contribution in [0.15, 0.2) is 59.4 Å². The standard InChI is InChI=1S/C19H19N5O/c1-13-17(19(25)24(22(13)2)15-9-4-3-5-10-15)21-23-12-14-8-6-7-11-16(14)18(23)20/h3-11,20-21H,12H2,1-2H3. The number of amidine groups is 1. The van der Waals surface area contributed by atoms with Gasteiger partial charge in [0.05, 0.1) is 17.9 Å². The average molecular weight is 333 g/mol. The summed E-state index contributed by atoms with van der Waals surface area (Å²) in [6, 6.07) is 17.4. The minimum absolute atomic E-state index is 0.130. The van der Waals surface area contributed by atoms with Crippen molar-refractivity contribution >= 4 is 11.5 Å². The number of anilines is 1. The SMILES string of the molecule is Cc1c(NN2Cc3ccccc3C2=N)c(=O)n(-c2ccccc2)n1C. The predicted octanol–water partition coefficient (Wildman–Crippen LogP) is 2.65. The summed E-state index contributed by atoms with van der Waals surface area (Å²) in [6.45, 7) is 2.46. The summed E-state index contributed by atoms with van der Waals surface area (Å²) in [5, 5.41) is 10.1. The highest BCUT2D eigenvalue weighted by atomic mass is 16.1. The number of benzene rings is 2. The zero-order valence-corrected chi connectivity index (χ0v) is 14.2. The molecule has 6 heteroatoms. The van der Waals surface area contributed by atoms with Gasteiger partial charge in [-0.15, -0.1) is 0 Å². The van der Waals surface area contributed by atoms with Crippen molar-refractivity contribution in [2.75, 3.05) is 5.43 Å². The highest BCUT2D eigenvalue weighted by Gasteiger charge is 2.26. The summed E-state index contributed by atoms with van der Waals surface area (Å²) in [5.41, 5.74) is 7.12. The van der Waals surface area contributed by atoms with Crippen LogP contribution in [-0.2, 0) is 13.6 Å². The number of hydrazine groups is 1. The van der Waals surface area contributed by atoms with Gasteiger partial charge in [-0.05, 0) is 24.6 Å². The molecule has 0 aliphatic carbocycles. The number of fused-ring (bicyclic) bond motifs is 1. The Labute approximate surface area is 145 Å². The normalized spacial score (nSPS) is 13.2. The second kappa shape index (κ2) is 5.66. The van der Waals surface area contributed by atoms with Gasteiger partial charge in [-0.25, -0.2) is 4.68 Å². The molecule has 0 saturated carbocycles. The Morgan fingerprint density at radius 2 is 1.72 bits per heavy atom. The van der Waals surface area contributed by atoms with Crippen molar-refractivity contribution < 1.29 is 0 Å². The third-order valence-electron chi connectivity index (χ3n) is 4.67. The van der Waals surface area contributed by atoms with Gasteiger partial charge < -0.3 is 0 Å². The molecule has 0 saturated heterocycles. The zero-order valence-electron chi connectivity index (χ0n) is 14.2. The van der Waals surface area contributed by atoms with Gasteiger partial charge in [-0.1, -0.05) is 42.5 Å². The molecule has 0 radical (unpaired) electrons. The first-order chi connectivity index (χ1) is 12.1. The topological polar surface area (TPSA) is 66.1 Å². The highest BCUT2D eigenvalue weighted by molar-refractivity contribution is 6.00. The number of nitrogens with zero attached hydrogens (tertiary/aromatic N) is 3. The highest BCUT2D eigenvalue weighted by Crippen LogP contribution is 2.23. The number of para-hydroxylation sites is 1. The van der Waals surface area contributed by atoms with E-state index < -0.39 is 0 Å². The molecular formula is C19H19N5O. The maximum atomic E-state index is 13.0. The van der Waals surface area contributed by atoms with Crippen molar-refractivity contribution in [1.82, 2.24) is 14.4 Å². The van der Waals surface area contributed by atoms with Gasteiger partial charge in [-0.3, -0.25) is 25.3 Å². The van der Waals surface area contributed by atoms with Crippen molar-refractivity contribution in [3.05, 3.63) is 81.8 Å². The van der Waals surface area contributed by atoms with Crippen LogP contribution in [0.2, 0.25) is 0 Å². The lowest BCUT2D eigenvalue weighted by molar-refractivity contribution is 0.510. The van der Waals surface area contributed by atoms with E-state index in [0.717, 1.165) is 22.5 Å². The molecule has 0 spiro atoms. The van der Waals surface area contributed by atoms with E-state index in [9.17, 15) is 4.79 Å². The van der Waals surface area contributed by atoms with Crippen molar-refractivity contribution in [1.29, 1.82) is 5.41 Å². The second-order valence-electron chi connectivity index (χ2n) is 6.14. The van der Waals surface area contributed by atoms with Crippen LogP contribution in [-0.4, -0.2) is 20.2 Å². The predicted molar refractivity (Wildman–Crippen MR) is 98.2 cm³/mol. The molecule has 1 aliphatic heterocycles. The van der Waals surface area contributed by atoms with Crippen LogP contribution < -0.4 is 11.0 Å². The fraction of sp³-hybridized carbons (Fsp3) is 0.158. The summed E-state index contributed by atoms with van der Waals surface area (Å²) in [5.74, 6) is 0.379. The van der Waals surface area contributed by atoms with E-state index in [2.05, 4.69) is 5.43 Å². The quantitative estimate of drug-likeness (QED) is 0.774. The molecule has 3 aromatic rings. The minimum atomic E-state index is -0.130. The Balaban J connectivity index is 1.72. The van der Waals surface area contributed by atoms with E-state index in [0.29, 0.717) is 18.1 Å². The molecule has 6 nitrogen and oxygen atoms in total. The fourth-order valence-electron chi connectivity index (χ4n) is 3.21. The Kier molecular flexibility index (Phi) is 3.46. The summed E-state index contributed by atoms with van der Waals surface area (Å²) >= 11 is 0. The summed E-state index contributed by atoms with van der Waals surface area (Å²) < 4.78 is 3.46. The molecule has 2 N–H and O–H groups in total. The molecule has 2 heterocycles. The third-order valence-corrected chi connectivity index (χ3v) is 4.67. The van der Waals surface area contributed by atoms with E-state index in [4.69, 9.17) is 5.41 Å². The first-order valence-electron chi connectivity index (χ1n) is 8.13. The van der Waals surface area contributed by atoms with Crippen LogP contribution in [0.25, 0.3) is 5.69 Å². The van der Waals surface area contributed by atoms with Gasteiger partial charge in [-0.2, -0.15) is 0 Å². The Hall–Kier alpha value is -3.28. The first-order valence-corrected chi connectivity index (χ1v) is 8.13. The molecule has 1 aliphatic rings. The van der Waals surface area contributed by atoms with Crippen LogP contribution in [0.4, 0.5) is 5.69 Å². The summed E-state index contributed by atoms with van der Waals surface area (Å²) in [6.07, 6.45) is 0. The largest absolute Gasteiger partial charge is 0.296 e. The maximum absolute atomic E-state index is 13.0. The molecular weight excluding hydrogens is 314 g/mol. The molecule has 0 amide bonds. The number of hydrogen-bond acceptors (Lipinski definition) is 3. The van der Waals surface area contributed by atoms with Crippen LogP contribution in [0.1, 0.15) is 16.8 Å². The van der Waals surface area contributed by atoms with E-state index in [1.165, 1.54) is 0 Å². The van der Waals surface area contributed by atoms with E-state index >= 15 is 0 Å². The summed E-state index contributed by atoms with van der Waals surface area (Å²) in [4.78, 5) is 13.0. The Morgan fingerprint density at radius 3 is 2.44 bits per heavy atom. The van der Waals surface area contributed by atoms with Gasteiger partial charge in [0.2, 0.25) is 0 Å². The smallest absolute Gasteiger partial charge is 0.290 e. The van der Waals surface area contributed by atoms with Crippen molar-refractivity contribution in [2.24, 2.45) is 7.05 Å². The fourth-order valence-corrected chi connectivity index (χ4v) is 3.21. The molecule has 1 aromatic heterocycles. The van der Waals surface area contributed by atoms with Crippen LogP contribution in [0, 0.1) is 12.3 Å². The van der Waals surface area contributed by atoms with E-state index in [-0.39, 0.29) is 5.56 Å². The van der Waals surface area contributed by atoms with Crippen LogP contribution in [0.5, 0.6) is 0 Å². The van der Waals surface area contributed by atoms with Crippen molar-refractivity contribution in [3.8, 4) is 5.69 Å². The molecule has 0 atom stereocenters. The Morgan fingerprint density at radius 1 is 1.04 bits per heavy atom. The molecule has 4 rings (SSSR count). The van der Waals surface area contributed by atoms with Gasteiger partial charge >= 0.3 is 0 Å². The van der Waals surface area contributed by atoms with Crippen LogP contribution >= 0.6 is 0 Å². The number of nitrogens with one attached hydrogen (secondary N) is 2. The zero-order chi connectivity index (χ0) is 17.6. The second-order valence-corrected chi connectivity index (χ2v) is 6.14. The average Bonchev–Trinajstić information content (AvgIpc) is 3.06. The van der Waals surface area contributed by atoms with Crippen LogP contribution in [0.3, 0.4) is 0 Å². The lowest BCUT2D eigenvalue weighted by Gasteiger charge is -2.19. The summed E-state index contributed by atoms with van der Waals surface area (Å²) in [7, 11) is 1.86. The third kappa shape index (κ3) is 2.34. The van der Waals surface area contributed by atoms with Crippen molar-refractivity contribution in [3.63, 3.8) is 0 Å². The van der Waals surface area contributed by atoms with Gasteiger partial charge in [0.15, 0.2) is 0 Å². The number of aromatic nitrogens is 2. The molecule has 2 aromatic carbocycles. The van der Waals surface area contributed by atoms with Gasteiger partial charge in [0.1, 0.15) is 11.5 Å². The minimum Gasteiger partial charge on any atom is -0.290 e. The molecule has 0 unspecified atom stereocenters. The number of rotatable bonds is 3. The van der Waals surface area contributed by atoms with Crippen molar-refractivity contribution in [2.45, 2.75) is 13.5 Å². The lowest BCUT2D eigenvalue weighted by atomic mass is 10.1. The molecule has 25 heavy (non-hydrogen) atoms.